The highest BCUT2D eigenvalue weighted by Gasteiger charge is 2.20. The van der Waals surface area contributed by atoms with E-state index in [0.717, 1.165) is 11.6 Å². The van der Waals surface area contributed by atoms with Gasteiger partial charge >= 0.3 is 0 Å². The van der Waals surface area contributed by atoms with E-state index in [2.05, 4.69) is 25.2 Å². The minimum atomic E-state index is 0.567. The number of hydrogen-bond acceptors (Lipinski definition) is 2. The first-order valence-corrected chi connectivity index (χ1v) is 6.79. The summed E-state index contributed by atoms with van der Waals surface area (Å²) in [6.45, 7) is 4.43. The van der Waals surface area contributed by atoms with Gasteiger partial charge in [0.05, 0.1) is 0 Å². The molecule has 1 aliphatic rings. The SMILES string of the molecule is Cc1cc(N)ccc1NC(C)C1CCCCC1. The van der Waals surface area contributed by atoms with Gasteiger partial charge in [-0.2, -0.15) is 0 Å². The summed E-state index contributed by atoms with van der Waals surface area (Å²) in [5, 5.41) is 3.65. The molecule has 1 aromatic carbocycles. The molecule has 0 amide bonds. The number of benzene rings is 1. The first-order valence-electron chi connectivity index (χ1n) is 6.79. The van der Waals surface area contributed by atoms with Gasteiger partial charge in [0.1, 0.15) is 0 Å². The molecule has 0 bridgehead atoms. The summed E-state index contributed by atoms with van der Waals surface area (Å²) in [7, 11) is 0. The van der Waals surface area contributed by atoms with E-state index in [4.69, 9.17) is 5.73 Å². The van der Waals surface area contributed by atoms with E-state index in [0.29, 0.717) is 6.04 Å². The van der Waals surface area contributed by atoms with Crippen LogP contribution in [0.1, 0.15) is 44.6 Å². The van der Waals surface area contributed by atoms with Crippen molar-refractivity contribution in [3.63, 3.8) is 0 Å². The molecule has 2 nitrogen and oxygen atoms in total. The summed E-state index contributed by atoms with van der Waals surface area (Å²) in [6, 6.07) is 6.68. The van der Waals surface area contributed by atoms with Gasteiger partial charge in [0.2, 0.25) is 0 Å². The molecule has 1 fully saturated rings. The smallest absolute Gasteiger partial charge is 0.0373 e. The number of nitrogen functional groups attached to an aromatic ring is 1. The van der Waals surface area contributed by atoms with Gasteiger partial charge in [-0.1, -0.05) is 19.3 Å². The molecule has 0 aliphatic heterocycles. The Hall–Kier alpha value is -1.18. The van der Waals surface area contributed by atoms with Crippen molar-refractivity contribution in [2.75, 3.05) is 11.1 Å². The Morgan fingerprint density at radius 1 is 1.24 bits per heavy atom. The molecule has 0 radical (unpaired) electrons. The summed E-state index contributed by atoms with van der Waals surface area (Å²) < 4.78 is 0. The Bertz CT molecular complexity index is 367. The summed E-state index contributed by atoms with van der Waals surface area (Å²) in [4.78, 5) is 0. The van der Waals surface area contributed by atoms with E-state index >= 15 is 0 Å². The maximum Gasteiger partial charge on any atom is 0.0373 e. The maximum atomic E-state index is 5.77. The minimum absolute atomic E-state index is 0.567. The van der Waals surface area contributed by atoms with E-state index in [9.17, 15) is 0 Å². The highest BCUT2D eigenvalue weighted by atomic mass is 14.9. The third-order valence-electron chi connectivity index (χ3n) is 3.99. The fourth-order valence-electron chi connectivity index (χ4n) is 2.85. The Labute approximate surface area is 105 Å². The predicted molar refractivity (Wildman–Crippen MR) is 75.3 cm³/mol. The molecule has 1 unspecified atom stereocenters. The quantitative estimate of drug-likeness (QED) is 0.774. The molecule has 0 aromatic heterocycles. The van der Waals surface area contributed by atoms with Gasteiger partial charge in [0.15, 0.2) is 0 Å². The molecule has 3 N–H and O–H groups in total. The van der Waals surface area contributed by atoms with Gasteiger partial charge in [0, 0.05) is 17.4 Å². The molecule has 1 aliphatic carbocycles. The van der Waals surface area contributed by atoms with Crippen LogP contribution in [0.3, 0.4) is 0 Å². The highest BCUT2D eigenvalue weighted by Crippen LogP contribution is 2.29. The lowest BCUT2D eigenvalue weighted by Crippen LogP contribution is -2.27. The van der Waals surface area contributed by atoms with Crippen molar-refractivity contribution in [2.45, 2.75) is 52.0 Å². The Morgan fingerprint density at radius 3 is 2.59 bits per heavy atom. The van der Waals surface area contributed by atoms with E-state index in [1.807, 2.05) is 12.1 Å². The Balaban J connectivity index is 1.99. The normalized spacial score (nSPS) is 18.9. The van der Waals surface area contributed by atoms with Crippen LogP contribution in [0.5, 0.6) is 0 Å². The van der Waals surface area contributed by atoms with Crippen molar-refractivity contribution >= 4 is 11.4 Å². The third-order valence-corrected chi connectivity index (χ3v) is 3.99. The van der Waals surface area contributed by atoms with Crippen LogP contribution in [0.2, 0.25) is 0 Å². The van der Waals surface area contributed by atoms with Crippen LogP contribution in [0.4, 0.5) is 11.4 Å². The average molecular weight is 232 g/mol. The van der Waals surface area contributed by atoms with E-state index < -0.39 is 0 Å². The van der Waals surface area contributed by atoms with Crippen molar-refractivity contribution in [1.82, 2.24) is 0 Å². The molecule has 17 heavy (non-hydrogen) atoms. The molecular formula is C15H24N2. The molecular weight excluding hydrogens is 208 g/mol. The average Bonchev–Trinajstić information content (AvgIpc) is 2.34. The Kier molecular flexibility index (Phi) is 3.93. The summed E-state index contributed by atoms with van der Waals surface area (Å²) in [6.07, 6.45) is 6.98. The third kappa shape index (κ3) is 3.15. The highest BCUT2D eigenvalue weighted by molar-refractivity contribution is 5.57. The van der Waals surface area contributed by atoms with Crippen LogP contribution in [0.15, 0.2) is 18.2 Å². The van der Waals surface area contributed by atoms with Gasteiger partial charge in [0.25, 0.3) is 0 Å². The molecule has 1 aromatic rings. The zero-order valence-corrected chi connectivity index (χ0v) is 11.0. The van der Waals surface area contributed by atoms with Gasteiger partial charge in [-0.15, -0.1) is 0 Å². The predicted octanol–water partition coefficient (Wildman–Crippen LogP) is 3.96. The van der Waals surface area contributed by atoms with Crippen molar-refractivity contribution in [2.24, 2.45) is 5.92 Å². The van der Waals surface area contributed by atoms with E-state index in [-0.39, 0.29) is 0 Å². The maximum absolute atomic E-state index is 5.77. The van der Waals surface area contributed by atoms with Crippen molar-refractivity contribution in [1.29, 1.82) is 0 Å². The second kappa shape index (κ2) is 5.44. The summed E-state index contributed by atoms with van der Waals surface area (Å²) >= 11 is 0. The lowest BCUT2D eigenvalue weighted by Gasteiger charge is -2.29. The second-order valence-corrected chi connectivity index (χ2v) is 5.41. The van der Waals surface area contributed by atoms with Crippen molar-refractivity contribution in [3.05, 3.63) is 23.8 Å². The van der Waals surface area contributed by atoms with Crippen LogP contribution in [0.25, 0.3) is 0 Å². The first-order chi connectivity index (χ1) is 8.16. The molecule has 1 atom stereocenters. The lowest BCUT2D eigenvalue weighted by atomic mass is 9.84. The molecule has 0 saturated heterocycles. The van der Waals surface area contributed by atoms with E-state index in [1.54, 1.807) is 0 Å². The fraction of sp³-hybridized carbons (Fsp3) is 0.600. The van der Waals surface area contributed by atoms with Crippen LogP contribution in [0, 0.1) is 12.8 Å². The number of rotatable bonds is 3. The van der Waals surface area contributed by atoms with Gasteiger partial charge in [-0.3, -0.25) is 0 Å². The van der Waals surface area contributed by atoms with Crippen molar-refractivity contribution < 1.29 is 0 Å². The summed E-state index contributed by atoms with van der Waals surface area (Å²) in [5.74, 6) is 0.834. The second-order valence-electron chi connectivity index (χ2n) is 5.41. The standard InChI is InChI=1S/C15H24N2/c1-11-10-14(16)8-9-15(11)17-12(2)13-6-4-3-5-7-13/h8-10,12-13,17H,3-7,16H2,1-2H3. The zero-order valence-electron chi connectivity index (χ0n) is 11.0. The van der Waals surface area contributed by atoms with Crippen LogP contribution < -0.4 is 11.1 Å². The summed E-state index contributed by atoms with van der Waals surface area (Å²) in [5.41, 5.74) is 9.10. The lowest BCUT2D eigenvalue weighted by molar-refractivity contribution is 0.328. The number of nitrogens with two attached hydrogens (primary N) is 1. The largest absolute Gasteiger partial charge is 0.399 e. The fourth-order valence-corrected chi connectivity index (χ4v) is 2.85. The van der Waals surface area contributed by atoms with Crippen molar-refractivity contribution in [3.8, 4) is 0 Å². The first kappa shape index (κ1) is 12.3. The van der Waals surface area contributed by atoms with Gasteiger partial charge in [-0.05, 0) is 56.4 Å². The molecule has 2 rings (SSSR count). The Morgan fingerprint density at radius 2 is 1.94 bits per heavy atom. The molecule has 2 heteroatoms. The number of hydrogen-bond donors (Lipinski definition) is 2. The number of aryl methyl sites for hydroxylation is 1. The zero-order chi connectivity index (χ0) is 12.3. The van der Waals surface area contributed by atoms with Crippen LogP contribution in [-0.2, 0) is 0 Å². The van der Waals surface area contributed by atoms with Gasteiger partial charge in [-0.25, -0.2) is 0 Å². The topological polar surface area (TPSA) is 38.0 Å². The molecule has 0 heterocycles. The van der Waals surface area contributed by atoms with Gasteiger partial charge < -0.3 is 11.1 Å². The number of nitrogens with one attached hydrogen (secondary N) is 1. The van der Waals surface area contributed by atoms with Crippen LogP contribution in [-0.4, -0.2) is 6.04 Å². The molecule has 0 spiro atoms. The molecule has 94 valence electrons. The number of anilines is 2. The minimum Gasteiger partial charge on any atom is -0.399 e. The van der Waals surface area contributed by atoms with E-state index in [1.165, 1.54) is 43.4 Å². The molecule has 1 saturated carbocycles. The van der Waals surface area contributed by atoms with Crippen LogP contribution >= 0.6 is 0 Å². The monoisotopic (exact) mass is 232 g/mol.